The normalized spacial score (nSPS) is 14.1. The van der Waals surface area contributed by atoms with Gasteiger partial charge in [0.2, 0.25) is 0 Å². The highest BCUT2D eigenvalue weighted by atomic mass is 35.5. The van der Waals surface area contributed by atoms with Crippen molar-refractivity contribution in [2.45, 2.75) is 12.2 Å². The van der Waals surface area contributed by atoms with Crippen LogP contribution in [0.25, 0.3) is 10.4 Å². The van der Waals surface area contributed by atoms with E-state index in [2.05, 4.69) is 15.0 Å². The Labute approximate surface area is 90.8 Å². The van der Waals surface area contributed by atoms with Crippen LogP contribution in [0.1, 0.15) is 11.7 Å². The van der Waals surface area contributed by atoms with Crippen molar-refractivity contribution in [3.05, 3.63) is 39.5 Å². The molecule has 0 aromatic carbocycles. The zero-order chi connectivity index (χ0) is 11.3. The molecule has 0 radical (unpaired) electrons. The zero-order valence-electron chi connectivity index (χ0n) is 7.66. The molecule has 0 bridgehead atoms. The Hall–Kier alpha value is -1.33. The van der Waals surface area contributed by atoms with E-state index in [1.54, 1.807) is 0 Å². The fourth-order valence-corrected chi connectivity index (χ4v) is 1.28. The van der Waals surface area contributed by atoms with Crippen molar-refractivity contribution in [3.63, 3.8) is 0 Å². The lowest BCUT2D eigenvalue weighted by Crippen LogP contribution is -2.21. The molecule has 0 aliphatic heterocycles. The third-order valence-corrected chi connectivity index (χ3v) is 2.13. The van der Waals surface area contributed by atoms with Crippen molar-refractivity contribution in [2.24, 2.45) is 5.11 Å². The topological polar surface area (TPSA) is 102 Å². The lowest BCUT2D eigenvalue weighted by atomic mass is 10.1. The molecule has 2 N–H and O–H groups in total. The number of pyridine rings is 1. The van der Waals surface area contributed by atoms with Crippen molar-refractivity contribution in [3.8, 4) is 0 Å². The fourth-order valence-electron chi connectivity index (χ4n) is 1.05. The van der Waals surface area contributed by atoms with Gasteiger partial charge < -0.3 is 10.2 Å². The SMILES string of the molecule is [N-]=[N+]=NCC(O)C(O)c1ccncc1Cl. The first-order chi connectivity index (χ1) is 7.16. The molecular weight excluding hydrogens is 220 g/mol. The van der Waals surface area contributed by atoms with Gasteiger partial charge in [0, 0.05) is 22.9 Å². The van der Waals surface area contributed by atoms with Crippen LogP contribution in [-0.4, -0.2) is 27.8 Å². The van der Waals surface area contributed by atoms with Gasteiger partial charge in [-0.2, -0.15) is 0 Å². The molecule has 7 heteroatoms. The largest absolute Gasteiger partial charge is 0.390 e. The smallest absolute Gasteiger partial charge is 0.107 e. The van der Waals surface area contributed by atoms with Crippen LogP contribution < -0.4 is 0 Å². The molecule has 0 aliphatic carbocycles. The minimum atomic E-state index is -1.19. The van der Waals surface area contributed by atoms with Gasteiger partial charge in [-0.05, 0) is 11.6 Å². The summed E-state index contributed by atoms with van der Waals surface area (Å²) in [6, 6.07) is 1.49. The standard InChI is InChI=1S/C8H9ClN4O2/c9-6-3-11-2-1-5(6)8(15)7(14)4-12-13-10/h1-3,7-8,14-15H,4H2. The number of azide groups is 1. The van der Waals surface area contributed by atoms with E-state index < -0.39 is 12.2 Å². The molecule has 6 nitrogen and oxygen atoms in total. The second-order valence-corrected chi connectivity index (χ2v) is 3.23. The minimum Gasteiger partial charge on any atom is -0.390 e. The molecular formula is C8H9ClN4O2. The van der Waals surface area contributed by atoms with E-state index in [0.29, 0.717) is 5.56 Å². The summed E-state index contributed by atoms with van der Waals surface area (Å²) >= 11 is 5.76. The Morgan fingerprint density at radius 2 is 2.33 bits per heavy atom. The van der Waals surface area contributed by atoms with Gasteiger partial charge in [0.05, 0.1) is 17.7 Å². The van der Waals surface area contributed by atoms with E-state index in [-0.39, 0.29) is 11.6 Å². The van der Waals surface area contributed by atoms with Gasteiger partial charge >= 0.3 is 0 Å². The molecule has 0 aliphatic rings. The van der Waals surface area contributed by atoms with E-state index >= 15 is 0 Å². The number of hydrogen-bond donors (Lipinski definition) is 2. The first-order valence-corrected chi connectivity index (χ1v) is 4.51. The highest BCUT2D eigenvalue weighted by molar-refractivity contribution is 6.31. The van der Waals surface area contributed by atoms with Crippen LogP contribution in [-0.2, 0) is 0 Å². The Balaban J connectivity index is 2.79. The molecule has 1 heterocycles. The number of aromatic nitrogens is 1. The highest BCUT2D eigenvalue weighted by Gasteiger charge is 2.19. The van der Waals surface area contributed by atoms with Gasteiger partial charge in [-0.3, -0.25) is 4.98 Å². The van der Waals surface area contributed by atoms with Crippen molar-refractivity contribution in [2.75, 3.05) is 6.54 Å². The van der Waals surface area contributed by atoms with Crippen molar-refractivity contribution in [1.29, 1.82) is 0 Å². The van der Waals surface area contributed by atoms with Crippen LogP contribution in [0, 0.1) is 0 Å². The van der Waals surface area contributed by atoms with Crippen LogP contribution in [0.4, 0.5) is 0 Å². The lowest BCUT2D eigenvalue weighted by molar-refractivity contribution is 0.0244. The molecule has 1 rings (SSSR count). The molecule has 2 atom stereocenters. The quantitative estimate of drug-likeness (QED) is 0.463. The average molecular weight is 229 g/mol. The first kappa shape index (κ1) is 11.7. The number of halogens is 1. The monoisotopic (exact) mass is 228 g/mol. The van der Waals surface area contributed by atoms with E-state index in [1.165, 1.54) is 18.5 Å². The van der Waals surface area contributed by atoms with Crippen LogP contribution in [0.15, 0.2) is 23.6 Å². The van der Waals surface area contributed by atoms with E-state index in [4.69, 9.17) is 17.1 Å². The molecule has 2 unspecified atom stereocenters. The third-order valence-electron chi connectivity index (χ3n) is 1.82. The summed E-state index contributed by atoms with van der Waals surface area (Å²) in [6.07, 6.45) is 0.442. The predicted molar refractivity (Wildman–Crippen MR) is 54.2 cm³/mol. The highest BCUT2D eigenvalue weighted by Crippen LogP contribution is 2.24. The predicted octanol–water partition coefficient (Wildman–Crippen LogP) is 1.44. The fraction of sp³-hybridized carbons (Fsp3) is 0.375. The maximum atomic E-state index is 9.65. The number of aliphatic hydroxyl groups excluding tert-OH is 2. The summed E-state index contributed by atoms with van der Waals surface area (Å²) in [7, 11) is 0. The number of hydrogen-bond acceptors (Lipinski definition) is 4. The van der Waals surface area contributed by atoms with Crippen LogP contribution in [0.5, 0.6) is 0 Å². The summed E-state index contributed by atoms with van der Waals surface area (Å²) in [5.74, 6) is 0. The van der Waals surface area contributed by atoms with Gasteiger partial charge in [0.25, 0.3) is 0 Å². The van der Waals surface area contributed by atoms with Gasteiger partial charge in [0.1, 0.15) is 6.10 Å². The summed E-state index contributed by atoms with van der Waals surface area (Å²) in [5, 5.41) is 22.5. The van der Waals surface area contributed by atoms with Gasteiger partial charge in [0.15, 0.2) is 0 Å². The van der Waals surface area contributed by atoms with E-state index in [1.807, 2.05) is 0 Å². The Kier molecular flexibility index (Phi) is 4.33. The second kappa shape index (κ2) is 5.53. The minimum absolute atomic E-state index is 0.212. The molecule has 0 amide bonds. The van der Waals surface area contributed by atoms with Gasteiger partial charge in [-0.15, -0.1) is 0 Å². The van der Waals surface area contributed by atoms with Crippen molar-refractivity contribution >= 4 is 11.6 Å². The van der Waals surface area contributed by atoms with Crippen molar-refractivity contribution < 1.29 is 10.2 Å². The third kappa shape index (κ3) is 3.07. The molecule has 80 valence electrons. The summed E-state index contributed by atoms with van der Waals surface area (Å²) in [5.41, 5.74) is 8.41. The van der Waals surface area contributed by atoms with E-state index in [9.17, 15) is 10.2 Å². The molecule has 1 aromatic heterocycles. The van der Waals surface area contributed by atoms with Crippen LogP contribution in [0.2, 0.25) is 5.02 Å². The summed E-state index contributed by atoms with van der Waals surface area (Å²) in [6.45, 7) is -0.212. The van der Waals surface area contributed by atoms with E-state index in [0.717, 1.165) is 0 Å². The first-order valence-electron chi connectivity index (χ1n) is 4.13. The number of rotatable bonds is 4. The Morgan fingerprint density at radius 1 is 1.60 bits per heavy atom. The molecule has 0 saturated heterocycles. The van der Waals surface area contributed by atoms with Gasteiger partial charge in [-0.1, -0.05) is 16.7 Å². The molecule has 0 spiro atoms. The zero-order valence-corrected chi connectivity index (χ0v) is 8.41. The van der Waals surface area contributed by atoms with Crippen molar-refractivity contribution in [1.82, 2.24) is 4.98 Å². The maximum absolute atomic E-state index is 9.65. The molecule has 1 aromatic rings. The summed E-state index contributed by atoms with van der Waals surface area (Å²) in [4.78, 5) is 6.22. The number of aliphatic hydroxyl groups is 2. The van der Waals surface area contributed by atoms with Crippen LogP contribution in [0.3, 0.4) is 0 Å². The Morgan fingerprint density at radius 3 is 2.93 bits per heavy atom. The second-order valence-electron chi connectivity index (χ2n) is 2.82. The average Bonchev–Trinajstić information content (AvgIpc) is 2.25. The van der Waals surface area contributed by atoms with Gasteiger partial charge in [-0.25, -0.2) is 0 Å². The number of nitrogens with zero attached hydrogens (tertiary/aromatic N) is 4. The molecule has 0 fully saturated rings. The lowest BCUT2D eigenvalue weighted by Gasteiger charge is -2.16. The summed E-state index contributed by atoms with van der Waals surface area (Å²) < 4.78 is 0. The van der Waals surface area contributed by atoms with Crippen LogP contribution >= 0.6 is 11.6 Å². The Bertz CT molecular complexity index is 381. The molecule has 0 saturated carbocycles. The maximum Gasteiger partial charge on any atom is 0.107 e. The molecule has 15 heavy (non-hydrogen) atoms.